The molecule has 3 heteroatoms. The fraction of sp³-hybridized carbons (Fsp3) is 0.267. The largest absolute Gasteiger partial charge is 0.194 e. The summed E-state index contributed by atoms with van der Waals surface area (Å²) >= 11 is 5.54. The van der Waals surface area contributed by atoms with Crippen molar-refractivity contribution in [3.8, 4) is 0 Å². The SMILES string of the molecule is CCc1cc[n+](CSCc2ccccc2)cc1Br. The Hall–Kier alpha value is -0.800. The topological polar surface area (TPSA) is 3.88 Å². The summed E-state index contributed by atoms with van der Waals surface area (Å²) in [5, 5.41) is 0. The fourth-order valence-electron chi connectivity index (χ4n) is 1.75. The van der Waals surface area contributed by atoms with Crippen LogP contribution in [0.25, 0.3) is 0 Å². The first-order valence-corrected chi connectivity index (χ1v) is 8.03. The van der Waals surface area contributed by atoms with E-state index >= 15 is 0 Å². The molecule has 2 aromatic rings. The number of halogens is 1. The van der Waals surface area contributed by atoms with Gasteiger partial charge in [-0.2, -0.15) is 4.57 Å². The molecule has 0 atom stereocenters. The Morgan fingerprint density at radius 3 is 2.61 bits per heavy atom. The quantitative estimate of drug-likeness (QED) is 0.746. The Kier molecular flexibility index (Phi) is 5.26. The van der Waals surface area contributed by atoms with E-state index in [4.69, 9.17) is 0 Å². The molecule has 18 heavy (non-hydrogen) atoms. The molecule has 0 saturated heterocycles. The van der Waals surface area contributed by atoms with Gasteiger partial charge in [0.1, 0.15) is 0 Å². The second-order valence-electron chi connectivity index (χ2n) is 4.15. The average Bonchev–Trinajstić information content (AvgIpc) is 2.40. The van der Waals surface area contributed by atoms with Crippen molar-refractivity contribution in [3.05, 3.63) is 64.4 Å². The van der Waals surface area contributed by atoms with E-state index in [1.807, 2.05) is 11.8 Å². The molecule has 0 fully saturated rings. The van der Waals surface area contributed by atoms with Gasteiger partial charge in [0.2, 0.25) is 0 Å². The lowest BCUT2D eigenvalue weighted by Crippen LogP contribution is -2.31. The minimum atomic E-state index is 0.984. The third-order valence-electron chi connectivity index (χ3n) is 2.79. The van der Waals surface area contributed by atoms with E-state index in [2.05, 4.69) is 76.2 Å². The molecule has 0 aliphatic rings. The number of aryl methyl sites for hydroxylation is 1. The van der Waals surface area contributed by atoms with Crippen LogP contribution in [0.1, 0.15) is 18.1 Å². The minimum absolute atomic E-state index is 0.984. The number of hydrogen-bond acceptors (Lipinski definition) is 1. The van der Waals surface area contributed by atoms with Crippen molar-refractivity contribution in [1.29, 1.82) is 0 Å². The van der Waals surface area contributed by atoms with E-state index in [0.29, 0.717) is 0 Å². The zero-order valence-corrected chi connectivity index (χ0v) is 12.9. The number of hydrogen-bond donors (Lipinski definition) is 0. The Labute approximate surface area is 121 Å². The van der Waals surface area contributed by atoms with Gasteiger partial charge in [-0.25, -0.2) is 0 Å². The monoisotopic (exact) mass is 322 g/mol. The molecule has 1 aromatic heterocycles. The lowest BCUT2D eigenvalue weighted by Gasteiger charge is -2.02. The third-order valence-corrected chi connectivity index (χ3v) is 4.52. The van der Waals surface area contributed by atoms with Gasteiger partial charge in [0.25, 0.3) is 0 Å². The zero-order valence-electron chi connectivity index (χ0n) is 10.5. The first kappa shape index (κ1) is 13.6. The molecule has 0 aliphatic carbocycles. The van der Waals surface area contributed by atoms with Gasteiger partial charge < -0.3 is 0 Å². The van der Waals surface area contributed by atoms with Crippen LogP contribution >= 0.6 is 27.7 Å². The molecule has 0 spiro atoms. The molecule has 1 aromatic carbocycles. The first-order chi connectivity index (χ1) is 8.79. The Morgan fingerprint density at radius 2 is 1.94 bits per heavy atom. The summed E-state index contributed by atoms with van der Waals surface area (Å²) in [6, 6.07) is 12.8. The summed E-state index contributed by atoms with van der Waals surface area (Å²) < 4.78 is 3.42. The van der Waals surface area contributed by atoms with E-state index in [1.165, 1.54) is 15.6 Å². The lowest BCUT2D eigenvalue weighted by atomic mass is 10.2. The van der Waals surface area contributed by atoms with Crippen LogP contribution in [0, 0.1) is 0 Å². The van der Waals surface area contributed by atoms with Crippen LogP contribution in [-0.2, 0) is 18.1 Å². The Morgan fingerprint density at radius 1 is 1.17 bits per heavy atom. The smallest absolute Gasteiger partial charge is 0.194 e. The highest BCUT2D eigenvalue weighted by Crippen LogP contribution is 2.15. The molecule has 0 amide bonds. The fourth-order valence-corrected chi connectivity index (χ4v) is 3.31. The van der Waals surface area contributed by atoms with Crippen molar-refractivity contribution in [2.24, 2.45) is 0 Å². The number of nitrogens with zero attached hydrogens (tertiary/aromatic N) is 1. The van der Waals surface area contributed by atoms with Crippen molar-refractivity contribution < 1.29 is 4.57 Å². The van der Waals surface area contributed by atoms with Crippen LogP contribution in [0.2, 0.25) is 0 Å². The highest BCUT2D eigenvalue weighted by Gasteiger charge is 2.05. The maximum atomic E-state index is 3.61. The molecular formula is C15H17BrNS+. The van der Waals surface area contributed by atoms with E-state index in [1.54, 1.807) is 0 Å². The summed E-state index contributed by atoms with van der Waals surface area (Å²) in [5.74, 6) is 2.04. The standard InChI is InChI=1S/C15H17BrNS/c1-2-14-8-9-17(10-15(14)16)12-18-11-13-6-4-3-5-7-13/h3-10H,2,11-12H2,1H3/q+1. The first-order valence-electron chi connectivity index (χ1n) is 6.08. The predicted molar refractivity (Wildman–Crippen MR) is 81.5 cm³/mol. The Balaban J connectivity index is 1.89. The van der Waals surface area contributed by atoms with Crippen molar-refractivity contribution in [1.82, 2.24) is 0 Å². The van der Waals surface area contributed by atoms with E-state index in [9.17, 15) is 0 Å². The molecule has 94 valence electrons. The van der Waals surface area contributed by atoms with Gasteiger partial charge in [-0.1, -0.05) is 49.0 Å². The minimum Gasteiger partial charge on any atom is -0.194 e. The normalized spacial score (nSPS) is 10.6. The maximum absolute atomic E-state index is 3.61. The summed E-state index contributed by atoms with van der Waals surface area (Å²) in [6.07, 6.45) is 5.39. The molecular weight excluding hydrogens is 306 g/mol. The van der Waals surface area contributed by atoms with Gasteiger partial charge >= 0.3 is 0 Å². The van der Waals surface area contributed by atoms with E-state index < -0.39 is 0 Å². The van der Waals surface area contributed by atoms with Crippen molar-refractivity contribution in [3.63, 3.8) is 0 Å². The summed E-state index contributed by atoms with van der Waals surface area (Å²) in [7, 11) is 0. The molecule has 1 nitrogen and oxygen atoms in total. The Bertz CT molecular complexity index is 499. The predicted octanol–water partition coefficient (Wildman–Crippen LogP) is 4.19. The van der Waals surface area contributed by atoms with Gasteiger partial charge in [0.15, 0.2) is 18.3 Å². The van der Waals surface area contributed by atoms with E-state index in [0.717, 1.165) is 18.1 Å². The van der Waals surface area contributed by atoms with Crippen molar-refractivity contribution in [2.75, 3.05) is 0 Å². The van der Waals surface area contributed by atoms with Gasteiger partial charge in [-0.3, -0.25) is 0 Å². The van der Waals surface area contributed by atoms with Gasteiger partial charge in [0, 0.05) is 11.8 Å². The molecule has 0 unspecified atom stereocenters. The number of aromatic nitrogens is 1. The molecule has 0 aliphatic heterocycles. The second kappa shape index (κ2) is 6.95. The molecule has 1 heterocycles. The number of pyridine rings is 1. The van der Waals surface area contributed by atoms with Crippen molar-refractivity contribution >= 4 is 27.7 Å². The van der Waals surface area contributed by atoms with Crippen LogP contribution < -0.4 is 4.57 Å². The van der Waals surface area contributed by atoms with Gasteiger partial charge in [-0.15, -0.1) is 0 Å². The summed E-state index contributed by atoms with van der Waals surface area (Å²) in [6.45, 7) is 2.18. The molecule has 0 N–H and O–H groups in total. The van der Waals surface area contributed by atoms with Crippen LogP contribution in [-0.4, -0.2) is 0 Å². The van der Waals surface area contributed by atoms with Gasteiger partial charge in [0.05, 0.1) is 4.47 Å². The number of thioether (sulfide) groups is 1. The van der Waals surface area contributed by atoms with Crippen LogP contribution in [0.4, 0.5) is 0 Å². The highest BCUT2D eigenvalue weighted by atomic mass is 79.9. The van der Waals surface area contributed by atoms with E-state index in [-0.39, 0.29) is 0 Å². The molecule has 0 bridgehead atoms. The summed E-state index contributed by atoms with van der Waals surface area (Å²) in [5.41, 5.74) is 2.74. The molecule has 0 saturated carbocycles. The van der Waals surface area contributed by atoms with Crippen LogP contribution in [0.3, 0.4) is 0 Å². The number of rotatable bonds is 5. The highest BCUT2D eigenvalue weighted by molar-refractivity contribution is 9.10. The number of benzene rings is 1. The second-order valence-corrected chi connectivity index (χ2v) is 5.96. The molecule has 2 rings (SSSR count). The molecule has 0 radical (unpaired) electrons. The van der Waals surface area contributed by atoms with Crippen LogP contribution in [0.15, 0.2) is 53.3 Å². The van der Waals surface area contributed by atoms with Crippen molar-refractivity contribution in [2.45, 2.75) is 25.0 Å². The maximum Gasteiger partial charge on any atom is 0.194 e. The zero-order chi connectivity index (χ0) is 12.8. The van der Waals surface area contributed by atoms with Gasteiger partial charge in [-0.05, 0) is 33.5 Å². The average molecular weight is 323 g/mol. The third kappa shape index (κ3) is 3.85. The van der Waals surface area contributed by atoms with Crippen LogP contribution in [0.5, 0.6) is 0 Å². The summed E-state index contributed by atoms with van der Waals surface area (Å²) in [4.78, 5) is 0. The lowest BCUT2D eigenvalue weighted by molar-refractivity contribution is -0.676.